The van der Waals surface area contributed by atoms with Gasteiger partial charge >= 0.3 is 0 Å². The Bertz CT molecular complexity index is 392. The number of hydrogen-bond donors (Lipinski definition) is 0. The summed E-state index contributed by atoms with van der Waals surface area (Å²) in [5, 5.41) is 0.940. The van der Waals surface area contributed by atoms with Crippen LogP contribution < -0.4 is 0 Å². The highest BCUT2D eigenvalue weighted by Gasteiger charge is 2.28. The molecule has 0 aliphatic rings. The quantitative estimate of drug-likeness (QED) is 0.588. The van der Waals surface area contributed by atoms with Crippen molar-refractivity contribution in [3.05, 3.63) is 33.8 Å². The van der Waals surface area contributed by atoms with E-state index < -0.39 is 10.0 Å². The zero-order valence-corrected chi connectivity index (χ0v) is 15.3. The summed E-state index contributed by atoms with van der Waals surface area (Å²) < 4.78 is 1.57. The smallest absolute Gasteiger partial charge is 0.0286 e. The molecule has 0 amide bonds. The minimum absolute atomic E-state index is 0.388. The molecule has 0 radical (unpaired) electrons. The monoisotopic (exact) mass is 380 g/mol. The van der Waals surface area contributed by atoms with Crippen molar-refractivity contribution in [3.8, 4) is 0 Å². The fourth-order valence-electron chi connectivity index (χ4n) is 1.46. The van der Waals surface area contributed by atoms with E-state index in [2.05, 4.69) is 83.3 Å². The van der Waals surface area contributed by atoms with Crippen LogP contribution in [0.2, 0.25) is 0 Å². The molecule has 0 N–H and O–H groups in total. The van der Waals surface area contributed by atoms with Crippen LogP contribution in [-0.2, 0) is 11.1 Å². The van der Waals surface area contributed by atoms with Gasteiger partial charge in [-0.2, -0.15) is 0 Å². The Morgan fingerprint density at radius 2 is 1.71 bits per heavy atom. The van der Waals surface area contributed by atoms with Crippen LogP contribution in [0.1, 0.15) is 31.9 Å². The van der Waals surface area contributed by atoms with E-state index >= 15 is 0 Å². The van der Waals surface area contributed by atoms with Gasteiger partial charge in [0.05, 0.1) is 0 Å². The molecule has 98 valence electrons. The van der Waals surface area contributed by atoms with E-state index in [1.807, 2.05) is 0 Å². The number of halogens is 2. The van der Waals surface area contributed by atoms with E-state index in [-0.39, 0.29) is 0 Å². The first kappa shape index (κ1) is 15.6. The average Bonchev–Trinajstić information content (AvgIpc) is 2.15. The van der Waals surface area contributed by atoms with Gasteiger partial charge in [0.25, 0.3) is 0 Å². The molecule has 0 fully saturated rings. The topological polar surface area (TPSA) is 0 Å². The molecule has 0 aliphatic heterocycles. The Balaban J connectivity index is 3.06. The van der Waals surface area contributed by atoms with Crippen LogP contribution in [0.5, 0.6) is 0 Å². The Morgan fingerprint density at radius 1 is 1.12 bits per heavy atom. The maximum Gasteiger partial charge on any atom is 0.0286 e. The van der Waals surface area contributed by atoms with Crippen molar-refractivity contribution in [1.82, 2.24) is 0 Å². The van der Waals surface area contributed by atoms with Gasteiger partial charge in [0.2, 0.25) is 0 Å². The maximum absolute atomic E-state index is 3.58. The molecule has 0 saturated carbocycles. The van der Waals surface area contributed by atoms with Crippen molar-refractivity contribution >= 4 is 41.9 Å². The maximum atomic E-state index is 3.58. The summed E-state index contributed by atoms with van der Waals surface area (Å²) in [5.74, 6) is 1.19. The fraction of sp³-hybridized carbons (Fsp3) is 0.571. The standard InChI is InChI=1S/C14H22Br2S/c1-14(2,3)17(4,5)10-12-8-13(16)7-6-11(12)9-15/h6-8H,9-10H2,1-5H3. The van der Waals surface area contributed by atoms with Gasteiger partial charge in [0.1, 0.15) is 0 Å². The third-order valence-electron chi connectivity index (χ3n) is 3.49. The van der Waals surface area contributed by atoms with Crippen LogP contribution in [0, 0.1) is 0 Å². The third kappa shape index (κ3) is 4.00. The van der Waals surface area contributed by atoms with Crippen molar-refractivity contribution in [1.29, 1.82) is 0 Å². The highest BCUT2D eigenvalue weighted by molar-refractivity contribution is 9.10. The van der Waals surface area contributed by atoms with E-state index in [1.54, 1.807) is 0 Å². The molecule has 17 heavy (non-hydrogen) atoms. The van der Waals surface area contributed by atoms with Gasteiger partial charge in [0, 0.05) is 15.6 Å². The van der Waals surface area contributed by atoms with E-state index in [0.717, 1.165) is 5.33 Å². The van der Waals surface area contributed by atoms with Crippen LogP contribution in [-0.4, -0.2) is 17.3 Å². The lowest BCUT2D eigenvalue weighted by molar-refractivity contribution is 0.785. The van der Waals surface area contributed by atoms with Crippen LogP contribution in [0.25, 0.3) is 0 Å². The molecule has 0 saturated heterocycles. The molecule has 0 heterocycles. The van der Waals surface area contributed by atoms with Gasteiger partial charge in [0.15, 0.2) is 0 Å². The normalized spacial score (nSPS) is 13.8. The molecular formula is C14H22Br2S. The number of hydrogen-bond acceptors (Lipinski definition) is 0. The molecular weight excluding hydrogens is 360 g/mol. The molecule has 0 unspecified atom stereocenters. The van der Waals surface area contributed by atoms with Crippen molar-refractivity contribution < 1.29 is 0 Å². The molecule has 1 rings (SSSR count). The predicted octanol–water partition coefficient (Wildman–Crippen LogP) is 5.71. The number of benzene rings is 1. The summed E-state index contributed by atoms with van der Waals surface area (Å²) in [7, 11) is -0.642. The highest BCUT2D eigenvalue weighted by Crippen LogP contribution is 2.55. The van der Waals surface area contributed by atoms with Crippen molar-refractivity contribution in [2.45, 2.75) is 36.6 Å². The van der Waals surface area contributed by atoms with Gasteiger partial charge in [-0.15, -0.1) is 0 Å². The molecule has 3 heteroatoms. The fourth-order valence-corrected chi connectivity index (χ4v) is 3.90. The summed E-state index contributed by atoms with van der Waals surface area (Å²) >= 11 is 7.16. The van der Waals surface area contributed by atoms with Crippen LogP contribution in [0.15, 0.2) is 22.7 Å². The summed E-state index contributed by atoms with van der Waals surface area (Å²) in [4.78, 5) is 0. The van der Waals surface area contributed by atoms with Gasteiger partial charge < -0.3 is 0 Å². The zero-order valence-electron chi connectivity index (χ0n) is 11.3. The first-order valence-corrected chi connectivity index (χ1v) is 10.2. The molecule has 0 atom stereocenters. The van der Waals surface area contributed by atoms with Crippen molar-refractivity contribution in [2.24, 2.45) is 0 Å². The predicted molar refractivity (Wildman–Crippen MR) is 89.7 cm³/mol. The molecule has 0 aromatic heterocycles. The Labute approximate surface area is 124 Å². The molecule has 0 bridgehead atoms. The van der Waals surface area contributed by atoms with Crippen LogP contribution in [0.3, 0.4) is 0 Å². The average molecular weight is 382 g/mol. The minimum atomic E-state index is -0.642. The number of rotatable bonds is 3. The lowest BCUT2D eigenvalue weighted by atomic mass is 10.1. The largest absolute Gasteiger partial charge is 0.238 e. The van der Waals surface area contributed by atoms with E-state index in [0.29, 0.717) is 4.75 Å². The summed E-state index contributed by atoms with van der Waals surface area (Å²) in [6, 6.07) is 6.61. The van der Waals surface area contributed by atoms with Crippen molar-refractivity contribution in [2.75, 3.05) is 12.5 Å². The first-order valence-electron chi connectivity index (χ1n) is 5.71. The third-order valence-corrected chi connectivity index (χ3v) is 8.93. The van der Waals surface area contributed by atoms with Crippen LogP contribution in [0.4, 0.5) is 0 Å². The molecule has 1 aromatic rings. The van der Waals surface area contributed by atoms with E-state index in [1.165, 1.54) is 21.4 Å². The molecule has 0 aliphatic carbocycles. The van der Waals surface area contributed by atoms with Crippen molar-refractivity contribution in [3.63, 3.8) is 0 Å². The Kier molecular flexibility index (Phi) is 5.19. The van der Waals surface area contributed by atoms with Gasteiger partial charge in [-0.1, -0.05) is 58.7 Å². The van der Waals surface area contributed by atoms with Gasteiger partial charge in [-0.25, -0.2) is 10.0 Å². The summed E-state index contributed by atoms with van der Waals surface area (Å²) in [6.07, 6.45) is 4.87. The lowest BCUT2D eigenvalue weighted by Gasteiger charge is -2.45. The van der Waals surface area contributed by atoms with Crippen LogP contribution >= 0.6 is 41.9 Å². The summed E-state index contributed by atoms with van der Waals surface area (Å²) in [6.45, 7) is 7.07. The first-order chi connectivity index (χ1) is 7.67. The lowest BCUT2D eigenvalue weighted by Crippen LogP contribution is -2.24. The van der Waals surface area contributed by atoms with Gasteiger partial charge in [-0.3, -0.25) is 0 Å². The highest BCUT2D eigenvalue weighted by atomic mass is 79.9. The molecule has 0 spiro atoms. The minimum Gasteiger partial charge on any atom is -0.238 e. The number of alkyl halides is 1. The van der Waals surface area contributed by atoms with E-state index in [4.69, 9.17) is 0 Å². The SMILES string of the molecule is CC(C)(C)S(C)(C)Cc1cc(Br)ccc1CBr. The molecule has 0 nitrogen and oxygen atoms in total. The Morgan fingerprint density at radius 3 is 2.18 bits per heavy atom. The molecule has 1 aromatic carbocycles. The summed E-state index contributed by atoms with van der Waals surface area (Å²) in [5.41, 5.74) is 2.89. The van der Waals surface area contributed by atoms with E-state index in [9.17, 15) is 0 Å². The second-order valence-corrected chi connectivity index (χ2v) is 11.9. The van der Waals surface area contributed by atoms with Gasteiger partial charge in [-0.05, 0) is 40.5 Å². The second kappa shape index (κ2) is 5.66. The second-order valence-electron chi connectivity index (χ2n) is 5.84. The Hall–Kier alpha value is 0.530. The zero-order chi connectivity index (χ0) is 13.3.